The molecule has 3 rings (SSSR count). The second-order valence-electron chi connectivity index (χ2n) is 4.56. The van der Waals surface area contributed by atoms with Gasteiger partial charge in [0.1, 0.15) is 5.75 Å². The Morgan fingerprint density at radius 1 is 0.737 bits per heavy atom. The summed E-state index contributed by atoms with van der Waals surface area (Å²) in [4.78, 5) is 0. The molecule has 0 unspecified atom stereocenters. The first-order chi connectivity index (χ1) is 9.25. The number of rotatable bonds is 2. The van der Waals surface area contributed by atoms with Crippen LogP contribution in [0.5, 0.6) is 5.75 Å². The van der Waals surface area contributed by atoms with Crippen molar-refractivity contribution in [2.45, 2.75) is 0 Å². The van der Waals surface area contributed by atoms with Crippen LogP contribution in [0.4, 0.5) is 0 Å². The predicted molar refractivity (Wildman–Crippen MR) is 79.3 cm³/mol. The van der Waals surface area contributed by atoms with Crippen molar-refractivity contribution in [1.29, 1.82) is 0 Å². The van der Waals surface area contributed by atoms with E-state index in [1.54, 1.807) is 24.3 Å². The maximum atomic E-state index is 10.5. The average molecular weight is 248 g/mol. The molecule has 0 atom stereocenters. The summed E-state index contributed by atoms with van der Waals surface area (Å²) < 4.78 is 0. The molecule has 0 saturated heterocycles. The van der Waals surface area contributed by atoms with Gasteiger partial charge in [0.05, 0.1) is 0 Å². The lowest BCUT2D eigenvalue weighted by Crippen LogP contribution is -2.42. The van der Waals surface area contributed by atoms with Crippen LogP contribution in [0.25, 0.3) is 10.8 Å². The normalized spacial score (nSPS) is 10.6. The van der Waals surface area contributed by atoms with Crippen LogP contribution in [-0.2, 0) is 0 Å². The summed E-state index contributed by atoms with van der Waals surface area (Å²) in [5.41, 5.74) is 1.65. The van der Waals surface area contributed by atoms with Crippen LogP contribution in [-0.4, -0.2) is 17.0 Å². The molecular formula is C16H13BO2. The van der Waals surface area contributed by atoms with Crippen LogP contribution in [0.1, 0.15) is 0 Å². The molecule has 3 aromatic rings. The maximum absolute atomic E-state index is 10.5. The fraction of sp³-hybridized carbons (Fsp3) is 0. The van der Waals surface area contributed by atoms with Gasteiger partial charge < -0.3 is 10.1 Å². The molecule has 0 saturated carbocycles. The van der Waals surface area contributed by atoms with Gasteiger partial charge in [0, 0.05) is 0 Å². The van der Waals surface area contributed by atoms with Gasteiger partial charge in [0.15, 0.2) is 0 Å². The number of fused-ring (bicyclic) bond motifs is 1. The van der Waals surface area contributed by atoms with Crippen molar-refractivity contribution >= 4 is 28.6 Å². The summed E-state index contributed by atoms with van der Waals surface area (Å²) in [5, 5.41) is 22.0. The Hall–Kier alpha value is -2.26. The number of hydrogen-bond donors (Lipinski definition) is 2. The first-order valence-electron chi connectivity index (χ1n) is 6.20. The second kappa shape index (κ2) is 4.79. The highest BCUT2D eigenvalue weighted by Crippen LogP contribution is 2.11. The minimum absolute atomic E-state index is 0.203. The lowest BCUT2D eigenvalue weighted by Gasteiger charge is -2.10. The van der Waals surface area contributed by atoms with Crippen molar-refractivity contribution in [1.82, 2.24) is 0 Å². The highest BCUT2D eigenvalue weighted by Gasteiger charge is 2.18. The minimum Gasteiger partial charge on any atom is -0.508 e. The standard InChI is InChI=1S/C16H13BO2/c18-14-10-8-13(9-11-14)17(19)16-7-3-5-12-4-1-2-6-15(12)16/h1-11,18-19H. The first-order valence-corrected chi connectivity index (χ1v) is 6.20. The lowest BCUT2D eigenvalue weighted by molar-refractivity contribution is 0.475. The highest BCUT2D eigenvalue weighted by molar-refractivity contribution is 6.80. The Morgan fingerprint density at radius 2 is 1.42 bits per heavy atom. The van der Waals surface area contributed by atoms with Crippen LogP contribution in [0.2, 0.25) is 0 Å². The molecule has 0 spiro atoms. The molecule has 3 heteroatoms. The zero-order valence-corrected chi connectivity index (χ0v) is 10.3. The van der Waals surface area contributed by atoms with Crippen LogP contribution in [0.15, 0.2) is 66.7 Å². The van der Waals surface area contributed by atoms with Crippen LogP contribution in [0, 0.1) is 0 Å². The molecule has 0 aromatic heterocycles. The first kappa shape index (κ1) is 11.8. The SMILES string of the molecule is OB(c1ccc(O)cc1)c1cccc2ccccc12. The number of benzene rings is 3. The smallest absolute Gasteiger partial charge is 0.359 e. The van der Waals surface area contributed by atoms with E-state index in [-0.39, 0.29) is 5.75 Å². The largest absolute Gasteiger partial charge is 0.508 e. The summed E-state index contributed by atoms with van der Waals surface area (Å²) in [6.45, 7) is -0.688. The molecule has 92 valence electrons. The van der Waals surface area contributed by atoms with E-state index in [1.807, 2.05) is 42.5 Å². The number of aromatic hydroxyl groups is 1. The zero-order chi connectivity index (χ0) is 13.2. The summed E-state index contributed by atoms with van der Waals surface area (Å²) in [5.74, 6) is 0.203. The molecule has 0 amide bonds. The quantitative estimate of drug-likeness (QED) is 0.677. The van der Waals surface area contributed by atoms with E-state index in [1.165, 1.54) is 0 Å². The fourth-order valence-electron chi connectivity index (χ4n) is 2.33. The van der Waals surface area contributed by atoms with Crippen molar-refractivity contribution in [3.05, 3.63) is 66.7 Å². The van der Waals surface area contributed by atoms with Crippen LogP contribution in [0.3, 0.4) is 0 Å². The maximum Gasteiger partial charge on any atom is 0.359 e. The molecular weight excluding hydrogens is 235 g/mol. The third-order valence-electron chi connectivity index (χ3n) is 3.33. The number of hydrogen-bond acceptors (Lipinski definition) is 2. The van der Waals surface area contributed by atoms with E-state index in [0.717, 1.165) is 21.7 Å². The van der Waals surface area contributed by atoms with E-state index >= 15 is 0 Å². The van der Waals surface area contributed by atoms with Crippen molar-refractivity contribution in [3.63, 3.8) is 0 Å². The highest BCUT2D eigenvalue weighted by atomic mass is 16.3. The molecule has 3 aromatic carbocycles. The molecule has 0 aliphatic heterocycles. The third-order valence-corrected chi connectivity index (χ3v) is 3.33. The topological polar surface area (TPSA) is 40.5 Å². The van der Waals surface area contributed by atoms with Crippen molar-refractivity contribution in [2.75, 3.05) is 0 Å². The minimum atomic E-state index is -0.688. The molecule has 19 heavy (non-hydrogen) atoms. The summed E-state index contributed by atoms with van der Waals surface area (Å²) in [6, 6.07) is 20.5. The van der Waals surface area contributed by atoms with Crippen molar-refractivity contribution in [2.24, 2.45) is 0 Å². The van der Waals surface area contributed by atoms with Gasteiger partial charge in [-0.3, -0.25) is 0 Å². The van der Waals surface area contributed by atoms with Gasteiger partial charge in [-0.2, -0.15) is 0 Å². The Morgan fingerprint density at radius 3 is 2.21 bits per heavy atom. The van der Waals surface area contributed by atoms with Crippen LogP contribution >= 0.6 is 0 Å². The Bertz CT molecular complexity index is 702. The summed E-state index contributed by atoms with van der Waals surface area (Å²) in [7, 11) is 0. The van der Waals surface area contributed by atoms with E-state index in [0.29, 0.717) is 0 Å². The Balaban J connectivity index is 2.11. The molecule has 0 aliphatic rings. The fourth-order valence-corrected chi connectivity index (χ4v) is 2.33. The molecule has 2 nitrogen and oxygen atoms in total. The molecule has 0 heterocycles. The van der Waals surface area contributed by atoms with Gasteiger partial charge in [-0.1, -0.05) is 54.6 Å². The molecule has 0 radical (unpaired) electrons. The zero-order valence-electron chi connectivity index (χ0n) is 10.3. The summed E-state index contributed by atoms with van der Waals surface area (Å²) in [6.07, 6.45) is 0. The summed E-state index contributed by atoms with van der Waals surface area (Å²) >= 11 is 0. The molecule has 2 N–H and O–H groups in total. The molecule has 0 fully saturated rings. The van der Waals surface area contributed by atoms with Crippen LogP contribution < -0.4 is 10.9 Å². The Labute approximate surface area is 112 Å². The number of phenols is 1. The van der Waals surface area contributed by atoms with Gasteiger partial charge in [0.25, 0.3) is 0 Å². The lowest BCUT2D eigenvalue weighted by atomic mass is 9.55. The Kier molecular flexibility index (Phi) is 2.98. The second-order valence-corrected chi connectivity index (χ2v) is 4.56. The van der Waals surface area contributed by atoms with Crippen molar-refractivity contribution in [3.8, 4) is 5.75 Å². The van der Waals surface area contributed by atoms with E-state index in [2.05, 4.69) is 0 Å². The van der Waals surface area contributed by atoms with E-state index in [4.69, 9.17) is 0 Å². The molecule has 0 bridgehead atoms. The van der Waals surface area contributed by atoms with E-state index < -0.39 is 6.92 Å². The van der Waals surface area contributed by atoms with Gasteiger partial charge in [-0.15, -0.1) is 0 Å². The third kappa shape index (κ3) is 2.20. The van der Waals surface area contributed by atoms with Gasteiger partial charge in [0.2, 0.25) is 0 Å². The van der Waals surface area contributed by atoms with Gasteiger partial charge >= 0.3 is 6.92 Å². The molecule has 0 aliphatic carbocycles. The monoisotopic (exact) mass is 248 g/mol. The van der Waals surface area contributed by atoms with Crippen molar-refractivity contribution < 1.29 is 10.1 Å². The predicted octanol–water partition coefficient (Wildman–Crippen LogP) is 1.64. The van der Waals surface area contributed by atoms with Gasteiger partial charge in [-0.25, -0.2) is 0 Å². The van der Waals surface area contributed by atoms with Gasteiger partial charge in [-0.05, 0) is 33.8 Å². The van der Waals surface area contributed by atoms with E-state index in [9.17, 15) is 10.1 Å². The number of phenolic OH excluding ortho intramolecular Hbond substituents is 1. The average Bonchev–Trinajstić information content (AvgIpc) is 2.47.